The topological polar surface area (TPSA) is 112 Å². The van der Waals surface area contributed by atoms with Crippen LogP contribution in [0.25, 0.3) is 5.95 Å². The third kappa shape index (κ3) is 6.32. The van der Waals surface area contributed by atoms with E-state index < -0.39 is 5.66 Å². The molecule has 0 aliphatic carbocycles. The Kier molecular flexibility index (Phi) is 8.26. The largest absolute Gasteiger partial charge is 0.493 e. The highest BCUT2D eigenvalue weighted by Crippen LogP contribution is 2.27. The van der Waals surface area contributed by atoms with E-state index in [9.17, 15) is 0 Å². The number of hydrogen-bond acceptors (Lipinski definition) is 8. The summed E-state index contributed by atoms with van der Waals surface area (Å²) in [6, 6.07) is 7.60. The molecular weight excluding hydrogens is 430 g/mol. The average Bonchev–Trinajstić information content (AvgIpc) is 3.31. The molecule has 4 N–H and O–H groups in total. The quantitative estimate of drug-likeness (QED) is 0.215. The molecular formula is C22H30ClN7O2. The van der Waals surface area contributed by atoms with Crippen molar-refractivity contribution in [3.05, 3.63) is 53.7 Å². The van der Waals surface area contributed by atoms with Gasteiger partial charge in [-0.1, -0.05) is 31.0 Å². The molecule has 0 aliphatic rings. The molecule has 3 rings (SSSR count). The van der Waals surface area contributed by atoms with Crippen LogP contribution in [0, 0.1) is 0 Å². The lowest BCUT2D eigenvalue weighted by molar-refractivity contribution is 0.354. The molecule has 0 amide bonds. The first-order valence-electron chi connectivity index (χ1n) is 10.5. The number of hydrogen-bond donors (Lipinski definition) is 3. The Hall–Kier alpha value is -2.88. The molecule has 9 nitrogen and oxygen atoms in total. The lowest BCUT2D eigenvalue weighted by atomic mass is 10.0. The molecule has 0 radical (unpaired) electrons. The highest BCUT2D eigenvalue weighted by atomic mass is 35.5. The van der Waals surface area contributed by atoms with Gasteiger partial charge in [0.25, 0.3) is 0 Å². The number of halogens is 1. The predicted molar refractivity (Wildman–Crippen MR) is 126 cm³/mol. The van der Waals surface area contributed by atoms with E-state index in [1.807, 2.05) is 18.2 Å². The number of benzene rings is 1. The van der Waals surface area contributed by atoms with E-state index in [0.717, 1.165) is 42.9 Å². The monoisotopic (exact) mass is 459 g/mol. The Bertz CT molecular complexity index is 1000. The summed E-state index contributed by atoms with van der Waals surface area (Å²) in [5.74, 6) is 2.43. The molecule has 0 aliphatic heterocycles. The zero-order valence-electron chi connectivity index (χ0n) is 18.6. The molecule has 2 aromatic heterocycles. The minimum Gasteiger partial charge on any atom is -0.493 e. The fourth-order valence-electron chi connectivity index (χ4n) is 3.44. The fourth-order valence-corrected chi connectivity index (χ4v) is 3.62. The van der Waals surface area contributed by atoms with Crippen LogP contribution < -0.4 is 25.8 Å². The second-order valence-corrected chi connectivity index (χ2v) is 7.88. The van der Waals surface area contributed by atoms with Crippen LogP contribution in [0.15, 0.2) is 43.0 Å². The SMILES string of the molecule is CCCC(N)(CNCCc1ccc(OC)c(OC)c1)Nc1cc(Cl)nc(-n2ccnc2)n1. The van der Waals surface area contributed by atoms with Crippen molar-refractivity contribution < 1.29 is 9.47 Å². The first-order valence-corrected chi connectivity index (χ1v) is 10.9. The predicted octanol–water partition coefficient (Wildman–Crippen LogP) is 3.03. The van der Waals surface area contributed by atoms with E-state index in [-0.39, 0.29) is 0 Å². The molecule has 3 aromatic rings. The summed E-state index contributed by atoms with van der Waals surface area (Å²) >= 11 is 6.21. The summed E-state index contributed by atoms with van der Waals surface area (Å²) in [6.07, 6.45) is 7.52. The first kappa shape index (κ1) is 23.8. The highest BCUT2D eigenvalue weighted by Gasteiger charge is 2.24. The summed E-state index contributed by atoms with van der Waals surface area (Å²) in [6.45, 7) is 3.40. The molecule has 1 aromatic carbocycles. The van der Waals surface area contributed by atoms with Crippen LogP contribution in [0.3, 0.4) is 0 Å². The van der Waals surface area contributed by atoms with Crippen LogP contribution in [0.1, 0.15) is 25.3 Å². The van der Waals surface area contributed by atoms with Gasteiger partial charge in [-0.2, -0.15) is 4.98 Å². The molecule has 0 saturated carbocycles. The van der Waals surface area contributed by atoms with Gasteiger partial charge in [0.15, 0.2) is 11.5 Å². The first-order chi connectivity index (χ1) is 15.5. The summed E-state index contributed by atoms with van der Waals surface area (Å²) < 4.78 is 12.4. The zero-order valence-corrected chi connectivity index (χ0v) is 19.4. The number of methoxy groups -OCH3 is 2. The van der Waals surface area contributed by atoms with Crippen LogP contribution in [-0.4, -0.2) is 52.5 Å². The van der Waals surface area contributed by atoms with Crippen molar-refractivity contribution in [2.75, 3.05) is 32.6 Å². The van der Waals surface area contributed by atoms with Crippen LogP contribution >= 0.6 is 11.6 Å². The fraction of sp³-hybridized carbons (Fsp3) is 0.409. The molecule has 0 fully saturated rings. The van der Waals surface area contributed by atoms with Gasteiger partial charge in [-0.15, -0.1) is 0 Å². The molecule has 0 spiro atoms. The summed E-state index contributed by atoms with van der Waals surface area (Å²) in [5, 5.41) is 7.12. The van der Waals surface area contributed by atoms with Crippen LogP contribution in [0.5, 0.6) is 11.5 Å². The number of aromatic nitrogens is 4. The van der Waals surface area contributed by atoms with Crippen LogP contribution in [0.4, 0.5) is 5.82 Å². The number of anilines is 1. The molecule has 1 unspecified atom stereocenters. The third-order valence-corrected chi connectivity index (χ3v) is 5.16. The van der Waals surface area contributed by atoms with Gasteiger partial charge in [0.05, 0.1) is 19.9 Å². The van der Waals surface area contributed by atoms with Crippen molar-refractivity contribution in [3.63, 3.8) is 0 Å². The Morgan fingerprint density at radius 1 is 1.16 bits per heavy atom. The molecule has 172 valence electrons. The van der Waals surface area contributed by atoms with Gasteiger partial charge in [0.1, 0.15) is 17.3 Å². The number of nitrogens with two attached hydrogens (primary N) is 1. The van der Waals surface area contributed by atoms with Crippen LogP contribution in [-0.2, 0) is 6.42 Å². The normalized spacial score (nSPS) is 12.9. The van der Waals surface area contributed by atoms with E-state index in [1.54, 1.807) is 43.6 Å². The Morgan fingerprint density at radius 2 is 1.97 bits per heavy atom. The van der Waals surface area contributed by atoms with Gasteiger partial charge in [0, 0.05) is 25.0 Å². The van der Waals surface area contributed by atoms with Crippen molar-refractivity contribution in [3.8, 4) is 17.4 Å². The summed E-state index contributed by atoms with van der Waals surface area (Å²) in [5.41, 5.74) is 7.14. The van der Waals surface area contributed by atoms with Crippen molar-refractivity contribution >= 4 is 17.4 Å². The summed E-state index contributed by atoms with van der Waals surface area (Å²) in [4.78, 5) is 12.8. The van der Waals surface area contributed by atoms with Crippen molar-refractivity contribution in [1.82, 2.24) is 24.8 Å². The molecule has 2 heterocycles. The van der Waals surface area contributed by atoms with Crippen molar-refractivity contribution in [2.45, 2.75) is 31.8 Å². The van der Waals surface area contributed by atoms with Crippen molar-refractivity contribution in [2.24, 2.45) is 5.73 Å². The molecule has 0 bridgehead atoms. The number of rotatable bonds is 12. The number of nitrogens with zero attached hydrogens (tertiary/aromatic N) is 4. The molecule has 1 atom stereocenters. The van der Waals surface area contributed by atoms with Crippen molar-refractivity contribution in [1.29, 1.82) is 0 Å². The Balaban J connectivity index is 1.62. The van der Waals surface area contributed by atoms with Gasteiger partial charge < -0.3 is 25.8 Å². The number of imidazole rings is 1. The van der Waals surface area contributed by atoms with Gasteiger partial charge in [0.2, 0.25) is 5.95 Å². The van der Waals surface area contributed by atoms with E-state index in [0.29, 0.717) is 23.5 Å². The zero-order chi connectivity index (χ0) is 23.0. The maximum Gasteiger partial charge on any atom is 0.238 e. The van der Waals surface area contributed by atoms with E-state index in [2.05, 4.69) is 32.5 Å². The Labute approximate surface area is 193 Å². The minimum atomic E-state index is -0.698. The lowest BCUT2D eigenvalue weighted by Crippen LogP contribution is -2.55. The summed E-state index contributed by atoms with van der Waals surface area (Å²) in [7, 11) is 3.26. The number of ether oxygens (including phenoxy) is 2. The van der Waals surface area contributed by atoms with Gasteiger partial charge in [-0.05, 0) is 37.1 Å². The standard InChI is InChI=1S/C22H30ClN7O2/c1-4-8-22(24,14-25-9-7-16-5-6-17(31-2)18(12-16)32-3)29-20-13-19(23)27-21(28-20)30-11-10-26-15-30/h5-6,10-13,15,25H,4,7-9,14,24H2,1-3H3,(H,27,28,29). The molecule has 10 heteroatoms. The average molecular weight is 460 g/mol. The smallest absolute Gasteiger partial charge is 0.238 e. The van der Waals surface area contributed by atoms with E-state index >= 15 is 0 Å². The minimum absolute atomic E-state index is 0.325. The second-order valence-electron chi connectivity index (χ2n) is 7.49. The maximum atomic E-state index is 6.69. The highest BCUT2D eigenvalue weighted by molar-refractivity contribution is 6.29. The van der Waals surface area contributed by atoms with Crippen LogP contribution in [0.2, 0.25) is 5.15 Å². The van der Waals surface area contributed by atoms with E-state index in [1.165, 1.54) is 0 Å². The third-order valence-electron chi connectivity index (χ3n) is 4.97. The Morgan fingerprint density at radius 3 is 2.66 bits per heavy atom. The van der Waals surface area contributed by atoms with E-state index in [4.69, 9.17) is 26.8 Å². The maximum absolute atomic E-state index is 6.69. The molecule has 0 saturated heterocycles. The van der Waals surface area contributed by atoms with Gasteiger partial charge in [-0.3, -0.25) is 4.57 Å². The second kappa shape index (κ2) is 11.1. The molecule has 32 heavy (non-hydrogen) atoms. The number of nitrogens with one attached hydrogen (secondary N) is 2. The van der Waals surface area contributed by atoms with Gasteiger partial charge >= 0.3 is 0 Å². The van der Waals surface area contributed by atoms with Gasteiger partial charge in [-0.25, -0.2) is 9.97 Å². The lowest BCUT2D eigenvalue weighted by Gasteiger charge is -2.31.